The number of fused-ring (bicyclic) bond motifs is 1. The molecule has 0 saturated carbocycles. The van der Waals surface area contributed by atoms with E-state index in [-0.39, 0.29) is 17.9 Å². The van der Waals surface area contributed by atoms with Crippen LogP contribution in [0.3, 0.4) is 0 Å². The minimum Gasteiger partial charge on any atom is -0.373 e. The van der Waals surface area contributed by atoms with Gasteiger partial charge in [0.25, 0.3) is 0 Å². The van der Waals surface area contributed by atoms with Crippen molar-refractivity contribution in [2.24, 2.45) is 0 Å². The van der Waals surface area contributed by atoms with E-state index in [1.807, 2.05) is 24.3 Å². The number of nitrogens with zero attached hydrogens (tertiary/aromatic N) is 5. The zero-order valence-electron chi connectivity index (χ0n) is 17.1. The van der Waals surface area contributed by atoms with Gasteiger partial charge in [-0.3, -0.25) is 9.59 Å². The molecule has 9 heteroatoms. The van der Waals surface area contributed by atoms with Gasteiger partial charge in [0, 0.05) is 38.0 Å². The molecule has 4 rings (SSSR count). The SMILES string of the molecule is CNc1nc(C2CCCN2C(=O)Cc2csc(C)n2)nc2c1CCN(C(C)=O)C2. The Kier molecular flexibility index (Phi) is 5.49. The predicted molar refractivity (Wildman–Crippen MR) is 111 cm³/mol. The highest BCUT2D eigenvalue weighted by atomic mass is 32.1. The van der Waals surface area contributed by atoms with Gasteiger partial charge in [-0.15, -0.1) is 11.3 Å². The molecule has 0 bridgehead atoms. The van der Waals surface area contributed by atoms with Gasteiger partial charge in [0.15, 0.2) is 5.82 Å². The molecule has 1 N–H and O–H groups in total. The normalized spacial score (nSPS) is 18.7. The molecule has 1 fully saturated rings. The van der Waals surface area contributed by atoms with Gasteiger partial charge in [-0.05, 0) is 26.2 Å². The van der Waals surface area contributed by atoms with Crippen molar-refractivity contribution in [3.05, 3.63) is 33.2 Å². The molecule has 1 unspecified atom stereocenters. The standard InChI is InChI=1S/C20H26N6O2S/c1-12-22-14(11-29-12)9-18(28)26-7-4-5-17(26)20-23-16-10-25(13(2)27)8-6-15(16)19(21-3)24-20/h11,17H,4-10H2,1-3H3,(H,21,23,24). The maximum absolute atomic E-state index is 13.0. The third-order valence-corrected chi connectivity index (χ3v) is 6.46. The van der Waals surface area contributed by atoms with E-state index >= 15 is 0 Å². The van der Waals surface area contributed by atoms with Gasteiger partial charge >= 0.3 is 0 Å². The Morgan fingerprint density at radius 2 is 2.10 bits per heavy atom. The van der Waals surface area contributed by atoms with Crippen molar-refractivity contribution in [3.63, 3.8) is 0 Å². The molecule has 8 nitrogen and oxygen atoms in total. The molecule has 4 heterocycles. The fourth-order valence-corrected chi connectivity index (χ4v) is 4.77. The van der Waals surface area contributed by atoms with Crippen molar-refractivity contribution >= 4 is 29.0 Å². The lowest BCUT2D eigenvalue weighted by Gasteiger charge is -2.30. The number of aromatic nitrogens is 3. The van der Waals surface area contributed by atoms with Gasteiger partial charge in [0.1, 0.15) is 5.82 Å². The second-order valence-electron chi connectivity index (χ2n) is 7.58. The van der Waals surface area contributed by atoms with E-state index in [0.717, 1.165) is 47.0 Å². The van der Waals surface area contributed by atoms with Gasteiger partial charge in [-0.2, -0.15) is 0 Å². The van der Waals surface area contributed by atoms with E-state index in [0.29, 0.717) is 31.9 Å². The summed E-state index contributed by atoms with van der Waals surface area (Å²) in [7, 11) is 1.85. The Balaban J connectivity index is 1.60. The predicted octanol–water partition coefficient (Wildman–Crippen LogP) is 2.09. The molecule has 2 aromatic heterocycles. The molecule has 2 aliphatic rings. The lowest BCUT2D eigenvalue weighted by molar-refractivity contribution is -0.131. The summed E-state index contributed by atoms with van der Waals surface area (Å²) in [5, 5.41) is 6.10. The van der Waals surface area contributed by atoms with Crippen LogP contribution in [0.15, 0.2) is 5.38 Å². The van der Waals surface area contributed by atoms with Crippen LogP contribution < -0.4 is 5.32 Å². The molecular weight excluding hydrogens is 388 g/mol. The van der Waals surface area contributed by atoms with Crippen LogP contribution in [0.5, 0.6) is 0 Å². The number of hydrogen-bond acceptors (Lipinski definition) is 7. The van der Waals surface area contributed by atoms with E-state index in [2.05, 4.69) is 10.3 Å². The Labute approximate surface area is 174 Å². The number of thiazole rings is 1. The zero-order chi connectivity index (χ0) is 20.5. The van der Waals surface area contributed by atoms with Crippen LogP contribution in [0, 0.1) is 6.92 Å². The minimum atomic E-state index is -0.132. The number of anilines is 1. The monoisotopic (exact) mass is 414 g/mol. The Bertz CT molecular complexity index is 943. The lowest BCUT2D eigenvalue weighted by atomic mass is 10.0. The first-order valence-electron chi connectivity index (χ1n) is 9.99. The van der Waals surface area contributed by atoms with Crippen LogP contribution in [0.4, 0.5) is 5.82 Å². The topological polar surface area (TPSA) is 91.3 Å². The van der Waals surface area contributed by atoms with Crippen molar-refractivity contribution in [3.8, 4) is 0 Å². The highest BCUT2D eigenvalue weighted by Crippen LogP contribution is 2.33. The molecule has 0 aliphatic carbocycles. The molecular formula is C20H26N6O2S. The number of hydrogen-bond donors (Lipinski definition) is 1. The van der Waals surface area contributed by atoms with Gasteiger partial charge in [-0.25, -0.2) is 15.0 Å². The summed E-state index contributed by atoms with van der Waals surface area (Å²) in [4.78, 5) is 42.5. The average molecular weight is 415 g/mol. The van der Waals surface area contributed by atoms with E-state index in [4.69, 9.17) is 9.97 Å². The van der Waals surface area contributed by atoms with Crippen LogP contribution >= 0.6 is 11.3 Å². The lowest BCUT2D eigenvalue weighted by Crippen LogP contribution is -2.37. The fourth-order valence-electron chi connectivity index (χ4n) is 4.15. The highest BCUT2D eigenvalue weighted by Gasteiger charge is 2.34. The molecule has 2 aromatic rings. The van der Waals surface area contributed by atoms with Crippen molar-refractivity contribution in [2.45, 2.75) is 52.1 Å². The molecule has 2 aliphatic heterocycles. The van der Waals surface area contributed by atoms with Crippen LogP contribution in [0.1, 0.15) is 53.6 Å². The number of aryl methyl sites for hydroxylation is 1. The molecule has 1 atom stereocenters. The van der Waals surface area contributed by atoms with E-state index in [9.17, 15) is 9.59 Å². The fraction of sp³-hybridized carbons (Fsp3) is 0.550. The van der Waals surface area contributed by atoms with Crippen molar-refractivity contribution in [1.29, 1.82) is 0 Å². The van der Waals surface area contributed by atoms with Crippen molar-refractivity contribution < 1.29 is 9.59 Å². The highest BCUT2D eigenvalue weighted by molar-refractivity contribution is 7.09. The Morgan fingerprint density at radius 1 is 1.28 bits per heavy atom. The first kappa shape index (κ1) is 19.8. The summed E-state index contributed by atoms with van der Waals surface area (Å²) >= 11 is 1.56. The van der Waals surface area contributed by atoms with E-state index < -0.39 is 0 Å². The summed E-state index contributed by atoms with van der Waals surface area (Å²) in [6.07, 6.45) is 2.83. The largest absolute Gasteiger partial charge is 0.373 e. The Morgan fingerprint density at radius 3 is 2.79 bits per heavy atom. The molecule has 1 saturated heterocycles. The van der Waals surface area contributed by atoms with Gasteiger partial charge in [0.05, 0.1) is 35.4 Å². The summed E-state index contributed by atoms with van der Waals surface area (Å²) < 4.78 is 0. The molecule has 29 heavy (non-hydrogen) atoms. The number of carbonyl (C=O) groups is 2. The molecule has 2 amide bonds. The average Bonchev–Trinajstić information content (AvgIpc) is 3.35. The summed E-state index contributed by atoms with van der Waals surface area (Å²) in [6.45, 7) is 5.42. The first-order valence-corrected chi connectivity index (χ1v) is 10.9. The number of carbonyl (C=O) groups excluding carboxylic acids is 2. The molecule has 0 radical (unpaired) electrons. The maximum atomic E-state index is 13.0. The minimum absolute atomic E-state index is 0.0537. The first-order chi connectivity index (χ1) is 14.0. The van der Waals surface area contributed by atoms with Gasteiger partial charge in [-0.1, -0.05) is 0 Å². The number of nitrogens with one attached hydrogen (secondary N) is 1. The van der Waals surface area contributed by atoms with Crippen LogP contribution in [-0.4, -0.2) is 56.7 Å². The summed E-state index contributed by atoms with van der Waals surface area (Å²) in [6, 6.07) is -0.132. The quantitative estimate of drug-likeness (QED) is 0.824. The van der Waals surface area contributed by atoms with Crippen molar-refractivity contribution in [1.82, 2.24) is 24.8 Å². The van der Waals surface area contributed by atoms with Crippen molar-refractivity contribution in [2.75, 3.05) is 25.5 Å². The molecule has 0 aromatic carbocycles. The van der Waals surface area contributed by atoms with Crippen LogP contribution in [-0.2, 0) is 29.0 Å². The Hall–Kier alpha value is -2.55. The number of rotatable bonds is 4. The van der Waals surface area contributed by atoms with E-state index in [1.54, 1.807) is 23.2 Å². The third-order valence-electron chi connectivity index (χ3n) is 5.63. The van der Waals surface area contributed by atoms with Gasteiger partial charge < -0.3 is 15.1 Å². The van der Waals surface area contributed by atoms with E-state index in [1.165, 1.54) is 0 Å². The van der Waals surface area contributed by atoms with Crippen LogP contribution in [0.2, 0.25) is 0 Å². The smallest absolute Gasteiger partial charge is 0.229 e. The maximum Gasteiger partial charge on any atom is 0.229 e. The molecule has 154 valence electrons. The number of amides is 2. The third kappa shape index (κ3) is 3.96. The summed E-state index contributed by atoms with van der Waals surface area (Å²) in [5.74, 6) is 1.59. The molecule has 0 spiro atoms. The van der Waals surface area contributed by atoms with Crippen LogP contribution in [0.25, 0.3) is 0 Å². The second kappa shape index (κ2) is 8.06. The van der Waals surface area contributed by atoms with Gasteiger partial charge in [0.2, 0.25) is 11.8 Å². The second-order valence-corrected chi connectivity index (χ2v) is 8.64. The summed E-state index contributed by atoms with van der Waals surface area (Å²) in [5.41, 5.74) is 2.78. The number of likely N-dealkylation sites (tertiary alicyclic amines) is 1. The zero-order valence-corrected chi connectivity index (χ0v) is 17.9.